The second kappa shape index (κ2) is 5.64. The van der Waals surface area contributed by atoms with Crippen molar-refractivity contribution in [3.63, 3.8) is 0 Å². The van der Waals surface area contributed by atoms with E-state index in [4.69, 9.17) is 16.3 Å². The maximum absolute atomic E-state index is 5.79. The molecule has 0 spiro atoms. The van der Waals surface area contributed by atoms with E-state index in [1.807, 2.05) is 25.1 Å². The summed E-state index contributed by atoms with van der Waals surface area (Å²) in [5.41, 5.74) is 1.87. The second-order valence-corrected chi connectivity index (χ2v) is 4.06. The average Bonchev–Trinajstić information content (AvgIpc) is 2.35. The van der Waals surface area contributed by atoms with Gasteiger partial charge in [0.1, 0.15) is 5.82 Å². The van der Waals surface area contributed by atoms with Crippen molar-refractivity contribution >= 4 is 17.4 Å². The molecule has 6 heteroatoms. The number of nitrogens with one attached hydrogen (secondary N) is 1. The quantitative estimate of drug-likeness (QED) is 0.860. The van der Waals surface area contributed by atoms with Gasteiger partial charge in [-0.1, -0.05) is 0 Å². The first-order valence-corrected chi connectivity index (χ1v) is 5.79. The van der Waals surface area contributed by atoms with Crippen LogP contribution in [0.3, 0.4) is 0 Å². The highest BCUT2D eigenvalue weighted by Crippen LogP contribution is 2.13. The Bertz CT molecular complexity index is 527. The van der Waals surface area contributed by atoms with Gasteiger partial charge in [-0.3, -0.25) is 0 Å². The third kappa shape index (κ3) is 3.30. The smallest absolute Gasteiger partial charge is 0.224 e. The first-order valence-electron chi connectivity index (χ1n) is 5.41. The third-order valence-electron chi connectivity index (χ3n) is 2.31. The van der Waals surface area contributed by atoms with E-state index in [0.717, 1.165) is 11.3 Å². The number of methoxy groups -OCH3 is 1. The number of pyridine rings is 1. The molecular formula is C12H13ClN4O. The number of rotatable bonds is 4. The highest BCUT2D eigenvalue weighted by Gasteiger charge is 2.01. The minimum atomic E-state index is 0.241. The molecule has 0 unspecified atom stereocenters. The molecule has 0 aliphatic rings. The fourth-order valence-electron chi connectivity index (χ4n) is 1.49. The molecule has 94 valence electrons. The van der Waals surface area contributed by atoms with Gasteiger partial charge < -0.3 is 10.1 Å². The van der Waals surface area contributed by atoms with Crippen LogP contribution in [0.15, 0.2) is 24.4 Å². The Morgan fingerprint density at radius 1 is 1.33 bits per heavy atom. The average molecular weight is 265 g/mol. The molecule has 5 nitrogen and oxygen atoms in total. The van der Waals surface area contributed by atoms with Gasteiger partial charge in [0.2, 0.25) is 11.2 Å². The third-order valence-corrected chi connectivity index (χ3v) is 2.48. The number of hydrogen-bond acceptors (Lipinski definition) is 5. The van der Waals surface area contributed by atoms with Crippen molar-refractivity contribution in [3.8, 4) is 5.88 Å². The monoisotopic (exact) mass is 264 g/mol. The summed E-state index contributed by atoms with van der Waals surface area (Å²) in [6.07, 6.45) is 1.70. The molecular weight excluding hydrogens is 252 g/mol. The highest BCUT2D eigenvalue weighted by molar-refractivity contribution is 6.28. The molecule has 0 radical (unpaired) electrons. The zero-order valence-corrected chi connectivity index (χ0v) is 10.9. The molecule has 0 aliphatic carbocycles. The second-order valence-electron chi connectivity index (χ2n) is 3.72. The van der Waals surface area contributed by atoms with Gasteiger partial charge in [0, 0.05) is 30.6 Å². The summed E-state index contributed by atoms with van der Waals surface area (Å²) in [6, 6.07) is 5.61. The molecule has 2 rings (SSSR count). The molecule has 2 aromatic heterocycles. The number of nitrogens with zero attached hydrogens (tertiary/aromatic N) is 3. The van der Waals surface area contributed by atoms with E-state index in [9.17, 15) is 0 Å². The lowest BCUT2D eigenvalue weighted by molar-refractivity contribution is 0.397. The molecule has 0 saturated heterocycles. The number of aromatic nitrogens is 3. The molecule has 2 heterocycles. The maximum atomic E-state index is 5.79. The Morgan fingerprint density at radius 2 is 2.17 bits per heavy atom. The first kappa shape index (κ1) is 12.6. The minimum absolute atomic E-state index is 0.241. The molecule has 0 atom stereocenters. The van der Waals surface area contributed by atoms with Gasteiger partial charge in [0.15, 0.2) is 0 Å². The summed E-state index contributed by atoms with van der Waals surface area (Å²) in [5.74, 6) is 1.29. The van der Waals surface area contributed by atoms with Crippen LogP contribution in [0, 0.1) is 6.92 Å². The van der Waals surface area contributed by atoms with E-state index >= 15 is 0 Å². The van der Waals surface area contributed by atoms with Crippen LogP contribution in [0.4, 0.5) is 5.82 Å². The predicted octanol–water partition coefficient (Wildman–Crippen LogP) is 2.45. The van der Waals surface area contributed by atoms with Crippen molar-refractivity contribution in [2.75, 3.05) is 12.4 Å². The highest BCUT2D eigenvalue weighted by atomic mass is 35.5. The molecule has 18 heavy (non-hydrogen) atoms. The Morgan fingerprint density at radius 3 is 2.89 bits per heavy atom. The van der Waals surface area contributed by atoms with Gasteiger partial charge >= 0.3 is 0 Å². The Hall–Kier alpha value is -1.88. The zero-order valence-electron chi connectivity index (χ0n) is 10.1. The van der Waals surface area contributed by atoms with E-state index in [0.29, 0.717) is 18.2 Å². The SMILES string of the molecule is COc1cc(CNc2cc(C)nc(Cl)n2)ccn1. The summed E-state index contributed by atoms with van der Waals surface area (Å²) in [4.78, 5) is 12.1. The number of aryl methyl sites for hydroxylation is 1. The molecule has 0 fully saturated rings. The first-order chi connectivity index (χ1) is 8.67. The van der Waals surface area contributed by atoms with Crippen LogP contribution in [0.5, 0.6) is 5.88 Å². The lowest BCUT2D eigenvalue weighted by Gasteiger charge is -2.07. The number of anilines is 1. The molecule has 2 aromatic rings. The number of halogens is 1. The zero-order chi connectivity index (χ0) is 13.0. The topological polar surface area (TPSA) is 59.9 Å². The Balaban J connectivity index is 2.06. The Labute approximate surface area is 110 Å². The van der Waals surface area contributed by atoms with Crippen LogP contribution in [0.25, 0.3) is 0 Å². The summed E-state index contributed by atoms with van der Waals surface area (Å²) >= 11 is 5.79. The minimum Gasteiger partial charge on any atom is -0.481 e. The molecule has 1 N–H and O–H groups in total. The van der Waals surface area contributed by atoms with Crippen molar-refractivity contribution in [2.45, 2.75) is 13.5 Å². The van der Waals surface area contributed by atoms with E-state index in [-0.39, 0.29) is 5.28 Å². The summed E-state index contributed by atoms with van der Waals surface area (Å²) < 4.78 is 5.06. The van der Waals surface area contributed by atoms with Gasteiger partial charge in [0.25, 0.3) is 0 Å². The fourth-order valence-corrected chi connectivity index (χ4v) is 1.71. The largest absolute Gasteiger partial charge is 0.481 e. The summed E-state index contributed by atoms with van der Waals surface area (Å²) in [6.45, 7) is 2.49. The predicted molar refractivity (Wildman–Crippen MR) is 69.9 cm³/mol. The van der Waals surface area contributed by atoms with Crippen molar-refractivity contribution in [2.24, 2.45) is 0 Å². The van der Waals surface area contributed by atoms with E-state index in [2.05, 4.69) is 20.3 Å². The van der Waals surface area contributed by atoms with Crippen molar-refractivity contribution < 1.29 is 4.74 Å². The van der Waals surface area contributed by atoms with Gasteiger partial charge in [-0.05, 0) is 30.2 Å². The fraction of sp³-hybridized carbons (Fsp3) is 0.250. The molecule has 0 aromatic carbocycles. The summed E-state index contributed by atoms with van der Waals surface area (Å²) in [7, 11) is 1.59. The van der Waals surface area contributed by atoms with Crippen molar-refractivity contribution in [1.82, 2.24) is 15.0 Å². The standard InChI is InChI=1S/C12H13ClN4O/c1-8-5-10(17-12(13)16-8)15-7-9-3-4-14-11(6-9)18-2/h3-6H,7H2,1-2H3,(H,15,16,17). The van der Waals surface area contributed by atoms with Gasteiger partial charge in [-0.15, -0.1) is 0 Å². The lowest BCUT2D eigenvalue weighted by Crippen LogP contribution is -2.03. The molecule has 0 amide bonds. The van der Waals surface area contributed by atoms with Crippen molar-refractivity contribution in [1.29, 1.82) is 0 Å². The summed E-state index contributed by atoms with van der Waals surface area (Å²) in [5, 5.41) is 3.42. The van der Waals surface area contributed by atoms with Crippen LogP contribution in [0.2, 0.25) is 5.28 Å². The van der Waals surface area contributed by atoms with Crippen LogP contribution < -0.4 is 10.1 Å². The van der Waals surface area contributed by atoms with E-state index < -0.39 is 0 Å². The van der Waals surface area contributed by atoms with Crippen LogP contribution >= 0.6 is 11.6 Å². The van der Waals surface area contributed by atoms with Gasteiger partial charge in [-0.2, -0.15) is 0 Å². The van der Waals surface area contributed by atoms with Crippen molar-refractivity contribution in [3.05, 3.63) is 40.9 Å². The molecule has 0 bridgehead atoms. The Kier molecular flexibility index (Phi) is 3.94. The van der Waals surface area contributed by atoms with E-state index in [1.54, 1.807) is 13.3 Å². The molecule has 0 saturated carbocycles. The van der Waals surface area contributed by atoms with Gasteiger partial charge in [-0.25, -0.2) is 15.0 Å². The van der Waals surface area contributed by atoms with Gasteiger partial charge in [0.05, 0.1) is 7.11 Å². The maximum Gasteiger partial charge on any atom is 0.224 e. The van der Waals surface area contributed by atoms with Crippen LogP contribution in [0.1, 0.15) is 11.3 Å². The lowest BCUT2D eigenvalue weighted by atomic mass is 10.2. The van der Waals surface area contributed by atoms with Crippen LogP contribution in [-0.4, -0.2) is 22.1 Å². The van der Waals surface area contributed by atoms with E-state index in [1.165, 1.54) is 0 Å². The molecule has 0 aliphatic heterocycles. The van der Waals surface area contributed by atoms with Crippen LogP contribution in [-0.2, 0) is 6.54 Å². The number of hydrogen-bond donors (Lipinski definition) is 1. The number of ether oxygens (including phenoxy) is 1. The normalized spacial score (nSPS) is 10.2.